The number of nitrogens with zero attached hydrogens (tertiary/aromatic N) is 4. The van der Waals surface area contributed by atoms with E-state index in [2.05, 4.69) is 10.3 Å². The van der Waals surface area contributed by atoms with E-state index < -0.39 is 11.3 Å². The Kier molecular flexibility index (Phi) is 6.80. The van der Waals surface area contributed by atoms with Crippen molar-refractivity contribution in [3.63, 3.8) is 0 Å². The first kappa shape index (κ1) is 25.4. The zero-order valence-corrected chi connectivity index (χ0v) is 21.8. The highest BCUT2D eigenvalue weighted by Gasteiger charge is 2.49. The second-order valence-electron chi connectivity index (χ2n) is 10.4. The third kappa shape index (κ3) is 4.64. The fourth-order valence-electron chi connectivity index (χ4n) is 5.48. The number of hydrogen-bond acceptors (Lipinski definition) is 6. The van der Waals surface area contributed by atoms with Crippen LogP contribution in [-0.2, 0) is 27.4 Å². The molecule has 0 bridgehead atoms. The fourth-order valence-corrected chi connectivity index (χ4v) is 5.48. The number of nitrogens with one attached hydrogen (secondary N) is 1. The first-order valence-electron chi connectivity index (χ1n) is 13.0. The first-order chi connectivity index (χ1) is 17.8. The summed E-state index contributed by atoms with van der Waals surface area (Å²) in [4.78, 5) is 48.4. The van der Waals surface area contributed by atoms with Gasteiger partial charge in [0.05, 0.1) is 26.1 Å². The molecule has 5 rings (SSSR count). The highest BCUT2D eigenvalue weighted by molar-refractivity contribution is 6.07. The maximum atomic E-state index is 13.8. The minimum absolute atomic E-state index is 0.137. The average Bonchev–Trinajstić information content (AvgIpc) is 3.53. The minimum Gasteiger partial charge on any atom is -0.350 e. The number of aromatic nitrogens is 2. The lowest BCUT2D eigenvalue weighted by Gasteiger charge is -2.44. The van der Waals surface area contributed by atoms with Crippen molar-refractivity contribution >= 4 is 17.7 Å². The van der Waals surface area contributed by atoms with E-state index in [0.29, 0.717) is 58.7 Å². The largest absolute Gasteiger partial charge is 0.350 e. The molecule has 4 heterocycles. The quantitative estimate of drug-likeness (QED) is 0.640. The normalized spacial score (nSPS) is 22.8. The molecule has 3 aliphatic rings. The van der Waals surface area contributed by atoms with Gasteiger partial charge in [0.15, 0.2) is 11.5 Å². The third-order valence-corrected chi connectivity index (χ3v) is 7.70. The summed E-state index contributed by atoms with van der Waals surface area (Å²) in [6.07, 6.45) is 3.36. The molecule has 2 aromatic rings. The van der Waals surface area contributed by atoms with Gasteiger partial charge in [-0.2, -0.15) is 0 Å². The van der Waals surface area contributed by atoms with Crippen LogP contribution >= 0.6 is 0 Å². The minimum atomic E-state index is -1.11. The van der Waals surface area contributed by atoms with Gasteiger partial charge in [-0.25, -0.2) is 4.98 Å². The molecular formula is C27H35N5O5. The van der Waals surface area contributed by atoms with Gasteiger partial charge in [0.25, 0.3) is 11.8 Å². The summed E-state index contributed by atoms with van der Waals surface area (Å²) in [5, 5.41) is 3.01. The van der Waals surface area contributed by atoms with Crippen molar-refractivity contribution in [3.05, 3.63) is 53.1 Å². The lowest BCUT2D eigenvalue weighted by Crippen LogP contribution is -2.64. The van der Waals surface area contributed by atoms with Gasteiger partial charge in [-0.05, 0) is 25.8 Å². The van der Waals surface area contributed by atoms with Gasteiger partial charge in [0.2, 0.25) is 5.91 Å². The Bertz CT molecular complexity index is 1180. The Balaban J connectivity index is 1.34. The van der Waals surface area contributed by atoms with Gasteiger partial charge in [-0.3, -0.25) is 14.4 Å². The summed E-state index contributed by atoms with van der Waals surface area (Å²) in [7, 11) is 0. The van der Waals surface area contributed by atoms with Crippen LogP contribution in [0, 0.1) is 6.92 Å². The Morgan fingerprint density at radius 2 is 1.78 bits per heavy atom. The number of imidazole rings is 1. The van der Waals surface area contributed by atoms with Gasteiger partial charge < -0.3 is 29.2 Å². The maximum Gasteiger partial charge on any atom is 0.274 e. The summed E-state index contributed by atoms with van der Waals surface area (Å²) in [5.41, 5.74) is 1.41. The Morgan fingerprint density at radius 1 is 1.11 bits per heavy atom. The number of carbonyl (C=O) groups excluding carboxylic acids is 3. The molecule has 3 amide bonds. The number of ether oxygens (including phenoxy) is 2. The van der Waals surface area contributed by atoms with Gasteiger partial charge in [0, 0.05) is 39.0 Å². The molecule has 1 spiro atoms. The van der Waals surface area contributed by atoms with Crippen LogP contribution in [0.4, 0.5) is 0 Å². The highest BCUT2D eigenvalue weighted by atomic mass is 16.7. The van der Waals surface area contributed by atoms with Crippen LogP contribution in [0.25, 0.3) is 0 Å². The van der Waals surface area contributed by atoms with E-state index in [9.17, 15) is 14.4 Å². The molecule has 10 nitrogen and oxygen atoms in total. The van der Waals surface area contributed by atoms with Gasteiger partial charge in [-0.15, -0.1) is 0 Å². The van der Waals surface area contributed by atoms with E-state index in [1.54, 1.807) is 21.3 Å². The Hall–Kier alpha value is -3.24. The van der Waals surface area contributed by atoms with Crippen molar-refractivity contribution in [1.29, 1.82) is 0 Å². The third-order valence-electron chi connectivity index (χ3n) is 7.70. The van der Waals surface area contributed by atoms with Gasteiger partial charge >= 0.3 is 0 Å². The number of hydrogen-bond donors (Lipinski definition) is 1. The molecule has 3 aliphatic heterocycles. The van der Waals surface area contributed by atoms with E-state index in [1.165, 1.54) is 6.33 Å². The molecule has 2 fully saturated rings. The zero-order valence-electron chi connectivity index (χ0n) is 21.8. The standard InChI is InChI=1S/C27H35N5O5/c1-4-11-32-24(34)22-21(23(33)30-12-9-27(10-13-30)36-14-15-37-27)29-18-31(22)17-26(32,3)25(35)28-16-20-7-5-19(2)6-8-20/h5-8,18H,4,9-17H2,1-3H3,(H,28,35)/t26-/m1/s1. The van der Waals surface area contributed by atoms with Crippen LogP contribution in [0.3, 0.4) is 0 Å². The van der Waals surface area contributed by atoms with Crippen LogP contribution in [0.15, 0.2) is 30.6 Å². The molecule has 1 atom stereocenters. The summed E-state index contributed by atoms with van der Waals surface area (Å²) >= 11 is 0. The average molecular weight is 510 g/mol. The number of aryl methyl sites for hydroxylation is 1. The molecule has 0 aliphatic carbocycles. The van der Waals surface area contributed by atoms with Crippen molar-refractivity contribution in [2.24, 2.45) is 0 Å². The summed E-state index contributed by atoms with van der Waals surface area (Å²) in [5.74, 6) is -1.46. The number of amides is 3. The summed E-state index contributed by atoms with van der Waals surface area (Å²) < 4.78 is 13.2. The smallest absolute Gasteiger partial charge is 0.274 e. The van der Waals surface area contributed by atoms with E-state index >= 15 is 0 Å². The highest BCUT2D eigenvalue weighted by Crippen LogP contribution is 2.33. The molecule has 0 radical (unpaired) electrons. The number of likely N-dealkylation sites (tertiary alicyclic amines) is 1. The number of fused-ring (bicyclic) bond motifs is 1. The molecule has 0 unspecified atom stereocenters. The molecule has 198 valence electrons. The van der Waals surface area contributed by atoms with Crippen molar-refractivity contribution in [2.75, 3.05) is 32.8 Å². The van der Waals surface area contributed by atoms with Crippen LogP contribution in [-0.4, -0.2) is 81.2 Å². The first-order valence-corrected chi connectivity index (χ1v) is 13.0. The number of carbonyl (C=O) groups is 3. The lowest BCUT2D eigenvalue weighted by molar-refractivity contribution is -0.181. The SMILES string of the molecule is CCCN1C(=O)c2c(C(=O)N3CCC4(CC3)OCCO4)ncn2C[C@]1(C)C(=O)NCc1ccc(C)cc1. The molecule has 37 heavy (non-hydrogen) atoms. The Labute approximate surface area is 216 Å². The number of piperidine rings is 1. The zero-order chi connectivity index (χ0) is 26.2. The molecule has 1 aromatic heterocycles. The monoisotopic (exact) mass is 509 g/mol. The fraction of sp³-hybridized carbons (Fsp3) is 0.556. The van der Waals surface area contributed by atoms with Crippen molar-refractivity contribution in [3.8, 4) is 0 Å². The topological polar surface area (TPSA) is 106 Å². The van der Waals surface area contributed by atoms with E-state index in [-0.39, 0.29) is 35.7 Å². The maximum absolute atomic E-state index is 13.8. The molecule has 2 saturated heterocycles. The second-order valence-corrected chi connectivity index (χ2v) is 10.4. The van der Waals surface area contributed by atoms with E-state index in [4.69, 9.17) is 9.47 Å². The van der Waals surface area contributed by atoms with E-state index in [0.717, 1.165) is 11.1 Å². The van der Waals surface area contributed by atoms with Crippen LogP contribution < -0.4 is 5.32 Å². The Morgan fingerprint density at radius 3 is 2.43 bits per heavy atom. The summed E-state index contributed by atoms with van der Waals surface area (Å²) in [6.45, 7) is 8.83. The summed E-state index contributed by atoms with van der Waals surface area (Å²) in [6, 6.07) is 7.96. The number of rotatable bonds is 6. The predicted octanol–water partition coefficient (Wildman–Crippen LogP) is 2.11. The number of benzene rings is 1. The molecule has 10 heteroatoms. The molecule has 1 aromatic carbocycles. The van der Waals surface area contributed by atoms with E-state index in [1.807, 2.05) is 38.1 Å². The van der Waals surface area contributed by atoms with Crippen molar-refractivity contribution < 1.29 is 23.9 Å². The van der Waals surface area contributed by atoms with Crippen LogP contribution in [0.5, 0.6) is 0 Å². The second kappa shape index (κ2) is 9.90. The van der Waals surface area contributed by atoms with Crippen molar-refractivity contribution in [1.82, 2.24) is 24.7 Å². The molecular weight excluding hydrogens is 474 g/mol. The molecule has 0 saturated carbocycles. The van der Waals surface area contributed by atoms with Gasteiger partial charge in [-0.1, -0.05) is 36.8 Å². The lowest BCUT2D eigenvalue weighted by atomic mass is 9.93. The molecule has 1 N–H and O–H groups in total. The van der Waals surface area contributed by atoms with Crippen LogP contribution in [0.2, 0.25) is 0 Å². The van der Waals surface area contributed by atoms with Crippen molar-refractivity contribution in [2.45, 2.75) is 64.4 Å². The predicted molar refractivity (Wildman–Crippen MR) is 135 cm³/mol. The van der Waals surface area contributed by atoms with Gasteiger partial charge in [0.1, 0.15) is 11.2 Å². The van der Waals surface area contributed by atoms with Crippen LogP contribution in [0.1, 0.15) is 65.2 Å².